The number of aromatic nitrogens is 3. The number of carbonyl (C=O) groups excluding carboxylic acids is 1. The Bertz CT molecular complexity index is 1450. The summed E-state index contributed by atoms with van der Waals surface area (Å²) in [5, 5.41) is 21.8. The molecule has 0 bridgehead atoms. The first-order valence-corrected chi connectivity index (χ1v) is 12.5. The van der Waals surface area contributed by atoms with Crippen LogP contribution in [0.1, 0.15) is 42.6 Å². The number of benzene rings is 2. The summed E-state index contributed by atoms with van der Waals surface area (Å²) >= 11 is 0. The van der Waals surface area contributed by atoms with E-state index in [4.69, 9.17) is 4.98 Å². The fraction of sp³-hybridized carbons (Fsp3) is 0.296. The average Bonchev–Trinajstić information content (AvgIpc) is 3.32. The van der Waals surface area contributed by atoms with Gasteiger partial charge in [0, 0.05) is 53.8 Å². The number of nitro benzene ring substituents is 1. The average molecular weight is 500 g/mol. The van der Waals surface area contributed by atoms with Crippen LogP contribution in [0.15, 0.2) is 60.8 Å². The van der Waals surface area contributed by atoms with Gasteiger partial charge >= 0.3 is 0 Å². The van der Waals surface area contributed by atoms with Gasteiger partial charge < -0.3 is 15.5 Å². The maximum absolute atomic E-state index is 12.7. The fourth-order valence-electron chi connectivity index (χ4n) is 4.65. The summed E-state index contributed by atoms with van der Waals surface area (Å²) in [6.45, 7) is 6.32. The Balaban J connectivity index is 1.40. The van der Waals surface area contributed by atoms with Crippen molar-refractivity contribution in [3.05, 3.63) is 82.0 Å². The Morgan fingerprint density at radius 1 is 1.16 bits per heavy atom. The standard InChI is InChI=1S/C27H29N7O3/c1-3-19-16-28-33-25(15-24(31-26(19)33)32-13-5-6-18(2)17-32)29-21-7-4-8-22(14-21)30-27(35)20-9-11-23(12-10-20)34(36)37/h4,7-12,14-16,18,29H,3,5-6,13,17H2,1-2H3,(H,30,35). The zero-order valence-electron chi connectivity index (χ0n) is 20.8. The molecule has 10 heteroatoms. The predicted octanol–water partition coefficient (Wildman–Crippen LogP) is 5.43. The number of nitro groups is 1. The lowest BCUT2D eigenvalue weighted by Gasteiger charge is -2.32. The largest absolute Gasteiger partial charge is 0.356 e. The first kappa shape index (κ1) is 24.2. The Morgan fingerprint density at radius 2 is 1.95 bits per heavy atom. The third-order valence-electron chi connectivity index (χ3n) is 6.63. The fourth-order valence-corrected chi connectivity index (χ4v) is 4.65. The van der Waals surface area contributed by atoms with Gasteiger partial charge in [0.15, 0.2) is 5.65 Å². The summed E-state index contributed by atoms with van der Waals surface area (Å²) in [6.07, 6.45) is 5.07. The van der Waals surface area contributed by atoms with Gasteiger partial charge in [-0.2, -0.15) is 9.61 Å². The molecule has 0 radical (unpaired) electrons. The molecule has 3 heterocycles. The molecule has 1 amide bonds. The lowest BCUT2D eigenvalue weighted by atomic mass is 10.0. The molecule has 1 aliphatic rings. The smallest absolute Gasteiger partial charge is 0.269 e. The Morgan fingerprint density at radius 3 is 2.68 bits per heavy atom. The van der Waals surface area contributed by atoms with Crippen LogP contribution in [0.25, 0.3) is 5.65 Å². The van der Waals surface area contributed by atoms with E-state index in [1.165, 1.54) is 30.7 Å². The number of anilines is 4. The first-order chi connectivity index (χ1) is 17.9. The number of hydrogen-bond acceptors (Lipinski definition) is 7. The van der Waals surface area contributed by atoms with Crippen LogP contribution in [0, 0.1) is 16.0 Å². The molecular weight excluding hydrogens is 470 g/mol. The summed E-state index contributed by atoms with van der Waals surface area (Å²) in [5.74, 6) is 1.99. The SMILES string of the molecule is CCc1cnn2c(Nc3cccc(NC(=O)c4ccc([N+](=O)[O-])cc4)c3)cc(N3CCCC(C)C3)nc12. The second kappa shape index (κ2) is 10.3. The van der Waals surface area contributed by atoms with Crippen LogP contribution < -0.4 is 15.5 Å². The van der Waals surface area contributed by atoms with E-state index in [0.717, 1.165) is 54.5 Å². The van der Waals surface area contributed by atoms with Crippen molar-refractivity contribution >= 4 is 40.3 Å². The third-order valence-corrected chi connectivity index (χ3v) is 6.63. The first-order valence-electron chi connectivity index (χ1n) is 12.5. The maximum Gasteiger partial charge on any atom is 0.269 e. The normalized spacial score (nSPS) is 15.5. The van der Waals surface area contributed by atoms with E-state index in [1.807, 2.05) is 35.0 Å². The van der Waals surface area contributed by atoms with E-state index in [0.29, 0.717) is 17.2 Å². The quantitative estimate of drug-likeness (QED) is 0.257. The summed E-state index contributed by atoms with van der Waals surface area (Å²) in [7, 11) is 0. The number of piperidine rings is 1. The Kier molecular flexibility index (Phi) is 6.72. The zero-order chi connectivity index (χ0) is 25.9. The van der Waals surface area contributed by atoms with Crippen molar-refractivity contribution in [2.75, 3.05) is 28.6 Å². The lowest BCUT2D eigenvalue weighted by Crippen LogP contribution is -2.35. The van der Waals surface area contributed by atoms with Crippen LogP contribution >= 0.6 is 0 Å². The molecule has 2 N–H and O–H groups in total. The van der Waals surface area contributed by atoms with Gasteiger partial charge in [-0.3, -0.25) is 14.9 Å². The molecule has 1 atom stereocenters. The lowest BCUT2D eigenvalue weighted by molar-refractivity contribution is -0.384. The molecule has 10 nitrogen and oxygen atoms in total. The van der Waals surface area contributed by atoms with E-state index in [1.54, 1.807) is 6.07 Å². The predicted molar refractivity (Wildman–Crippen MR) is 144 cm³/mol. The topological polar surface area (TPSA) is 118 Å². The summed E-state index contributed by atoms with van der Waals surface area (Å²) in [4.78, 5) is 30.4. The molecule has 0 aliphatic carbocycles. The van der Waals surface area contributed by atoms with E-state index in [-0.39, 0.29) is 11.6 Å². The van der Waals surface area contributed by atoms with Crippen molar-refractivity contribution in [3.8, 4) is 0 Å². The number of nitrogens with zero attached hydrogens (tertiary/aromatic N) is 5. The molecule has 1 saturated heterocycles. The minimum Gasteiger partial charge on any atom is -0.356 e. The molecule has 2 aromatic heterocycles. The van der Waals surface area contributed by atoms with Crippen LogP contribution in [0.3, 0.4) is 0 Å². The molecule has 2 aromatic carbocycles. The zero-order valence-corrected chi connectivity index (χ0v) is 20.8. The van der Waals surface area contributed by atoms with Gasteiger partial charge in [0.1, 0.15) is 11.6 Å². The highest BCUT2D eigenvalue weighted by Crippen LogP contribution is 2.28. The van der Waals surface area contributed by atoms with E-state index >= 15 is 0 Å². The second-order valence-electron chi connectivity index (χ2n) is 9.42. The van der Waals surface area contributed by atoms with Crippen molar-refractivity contribution in [1.29, 1.82) is 0 Å². The second-order valence-corrected chi connectivity index (χ2v) is 9.42. The van der Waals surface area contributed by atoms with Crippen LogP contribution in [0.2, 0.25) is 0 Å². The van der Waals surface area contributed by atoms with Crippen LogP contribution in [-0.2, 0) is 6.42 Å². The van der Waals surface area contributed by atoms with Gasteiger partial charge in [-0.05, 0) is 55.5 Å². The third kappa shape index (κ3) is 5.23. The van der Waals surface area contributed by atoms with Crippen LogP contribution in [0.5, 0.6) is 0 Å². The number of rotatable bonds is 7. The molecule has 1 unspecified atom stereocenters. The number of non-ortho nitro benzene ring substituents is 1. The molecule has 0 saturated carbocycles. The van der Waals surface area contributed by atoms with Gasteiger partial charge in [-0.15, -0.1) is 0 Å². The molecule has 190 valence electrons. The molecule has 1 fully saturated rings. The maximum atomic E-state index is 12.7. The van der Waals surface area contributed by atoms with Gasteiger partial charge in [-0.25, -0.2) is 4.98 Å². The van der Waals surface area contributed by atoms with Crippen LogP contribution in [0.4, 0.5) is 28.7 Å². The molecular formula is C27H29N7O3. The number of fused-ring (bicyclic) bond motifs is 1. The minimum absolute atomic E-state index is 0.0605. The number of amides is 1. The van der Waals surface area contributed by atoms with Crippen molar-refractivity contribution in [2.24, 2.45) is 5.92 Å². The van der Waals surface area contributed by atoms with Crippen molar-refractivity contribution < 1.29 is 9.72 Å². The van der Waals surface area contributed by atoms with Crippen molar-refractivity contribution in [3.63, 3.8) is 0 Å². The number of nitrogens with one attached hydrogen (secondary N) is 2. The number of carbonyl (C=O) groups is 1. The molecule has 5 rings (SSSR count). The van der Waals surface area contributed by atoms with Crippen LogP contribution in [-0.4, -0.2) is 38.5 Å². The van der Waals surface area contributed by atoms with Gasteiger partial charge in [0.2, 0.25) is 0 Å². The summed E-state index contributed by atoms with van der Waals surface area (Å²) in [6, 6.07) is 14.9. The Hall–Kier alpha value is -4.47. The van der Waals surface area contributed by atoms with Gasteiger partial charge in [-0.1, -0.05) is 19.9 Å². The van der Waals surface area contributed by atoms with Crippen molar-refractivity contribution in [2.45, 2.75) is 33.1 Å². The van der Waals surface area contributed by atoms with E-state index < -0.39 is 4.92 Å². The number of hydrogen-bond donors (Lipinski definition) is 2. The van der Waals surface area contributed by atoms with Gasteiger partial charge in [0.05, 0.1) is 11.1 Å². The molecule has 0 spiro atoms. The van der Waals surface area contributed by atoms with Crippen molar-refractivity contribution in [1.82, 2.24) is 14.6 Å². The van der Waals surface area contributed by atoms with E-state index in [9.17, 15) is 14.9 Å². The summed E-state index contributed by atoms with van der Waals surface area (Å²) in [5.41, 5.74) is 3.57. The molecule has 37 heavy (non-hydrogen) atoms. The highest BCUT2D eigenvalue weighted by atomic mass is 16.6. The molecule has 4 aromatic rings. The number of aryl methyl sites for hydroxylation is 1. The monoisotopic (exact) mass is 499 g/mol. The van der Waals surface area contributed by atoms with E-state index in [2.05, 4.69) is 34.5 Å². The van der Waals surface area contributed by atoms with Gasteiger partial charge in [0.25, 0.3) is 11.6 Å². The molecule has 1 aliphatic heterocycles. The highest BCUT2D eigenvalue weighted by molar-refractivity contribution is 6.04. The Labute approximate surface area is 214 Å². The minimum atomic E-state index is -0.493. The summed E-state index contributed by atoms with van der Waals surface area (Å²) < 4.78 is 1.82. The highest BCUT2D eigenvalue weighted by Gasteiger charge is 2.20.